The zero-order valence-corrected chi connectivity index (χ0v) is 11.7. The fourth-order valence-electron chi connectivity index (χ4n) is 2.76. The van der Waals surface area contributed by atoms with Crippen molar-refractivity contribution in [1.82, 2.24) is 0 Å². The van der Waals surface area contributed by atoms with Gasteiger partial charge in [-0.05, 0) is 42.5 Å². The Hall–Kier alpha value is -1.41. The van der Waals surface area contributed by atoms with Crippen molar-refractivity contribution in [2.45, 2.75) is 30.1 Å². The summed E-state index contributed by atoms with van der Waals surface area (Å²) in [4.78, 5) is 0. The molecule has 1 unspecified atom stereocenters. The molecule has 20 heavy (non-hydrogen) atoms. The standard InChI is InChI=1S/C17H15ClF2/c18-16(11-12-6-7-14(19)15(20)10-12)17(8-9-17)13-4-2-1-3-5-13/h1-7,10,16H,8-9,11H2. The smallest absolute Gasteiger partial charge is 0.159 e. The Balaban J connectivity index is 1.79. The average molecular weight is 293 g/mol. The molecule has 0 bridgehead atoms. The van der Waals surface area contributed by atoms with E-state index in [2.05, 4.69) is 12.1 Å². The van der Waals surface area contributed by atoms with Crippen LogP contribution in [0.2, 0.25) is 0 Å². The summed E-state index contributed by atoms with van der Waals surface area (Å²) in [7, 11) is 0. The van der Waals surface area contributed by atoms with Crippen molar-refractivity contribution in [3.05, 3.63) is 71.3 Å². The van der Waals surface area contributed by atoms with Gasteiger partial charge in [0.15, 0.2) is 11.6 Å². The lowest BCUT2D eigenvalue weighted by atomic mass is 9.89. The van der Waals surface area contributed by atoms with E-state index in [1.54, 1.807) is 6.07 Å². The predicted molar refractivity (Wildman–Crippen MR) is 77.1 cm³/mol. The highest BCUT2D eigenvalue weighted by atomic mass is 35.5. The maximum Gasteiger partial charge on any atom is 0.159 e. The summed E-state index contributed by atoms with van der Waals surface area (Å²) in [6.45, 7) is 0. The first-order valence-electron chi connectivity index (χ1n) is 6.75. The van der Waals surface area contributed by atoms with Crippen LogP contribution in [0.5, 0.6) is 0 Å². The van der Waals surface area contributed by atoms with Gasteiger partial charge in [0.25, 0.3) is 0 Å². The van der Waals surface area contributed by atoms with Crippen LogP contribution in [0.25, 0.3) is 0 Å². The normalized spacial score (nSPS) is 17.8. The van der Waals surface area contributed by atoms with Crippen molar-refractivity contribution in [3.63, 3.8) is 0 Å². The van der Waals surface area contributed by atoms with E-state index in [0.29, 0.717) is 6.42 Å². The first-order valence-corrected chi connectivity index (χ1v) is 7.19. The molecule has 3 heteroatoms. The molecule has 0 saturated heterocycles. The zero-order chi connectivity index (χ0) is 14.2. The van der Waals surface area contributed by atoms with Crippen LogP contribution < -0.4 is 0 Å². The largest absolute Gasteiger partial charge is 0.204 e. The molecule has 0 nitrogen and oxygen atoms in total. The van der Waals surface area contributed by atoms with Crippen LogP contribution >= 0.6 is 11.6 Å². The predicted octanol–water partition coefficient (Wildman–Crippen LogP) is 4.85. The van der Waals surface area contributed by atoms with E-state index < -0.39 is 11.6 Å². The molecule has 0 radical (unpaired) electrons. The van der Waals surface area contributed by atoms with Gasteiger partial charge in [-0.25, -0.2) is 8.78 Å². The minimum Gasteiger partial charge on any atom is -0.204 e. The van der Waals surface area contributed by atoms with Crippen molar-refractivity contribution < 1.29 is 8.78 Å². The molecule has 1 aliphatic rings. The molecule has 1 aliphatic carbocycles. The molecule has 2 aromatic carbocycles. The highest BCUT2D eigenvalue weighted by Crippen LogP contribution is 2.53. The Bertz CT molecular complexity index is 606. The Kier molecular flexibility index (Phi) is 3.51. The molecule has 0 aliphatic heterocycles. The van der Waals surface area contributed by atoms with Gasteiger partial charge in [0.05, 0.1) is 0 Å². The van der Waals surface area contributed by atoms with Gasteiger partial charge < -0.3 is 0 Å². The van der Waals surface area contributed by atoms with E-state index in [0.717, 1.165) is 24.5 Å². The lowest BCUT2D eigenvalue weighted by molar-refractivity contribution is 0.506. The number of rotatable bonds is 4. The number of hydrogen-bond donors (Lipinski definition) is 0. The average Bonchev–Trinajstić information content (AvgIpc) is 3.26. The summed E-state index contributed by atoms with van der Waals surface area (Å²) in [6.07, 6.45) is 2.65. The SMILES string of the molecule is Fc1ccc(CC(Cl)C2(c3ccccc3)CC2)cc1F. The van der Waals surface area contributed by atoms with Crippen molar-refractivity contribution in [2.75, 3.05) is 0 Å². The highest BCUT2D eigenvalue weighted by Gasteiger charge is 2.49. The van der Waals surface area contributed by atoms with Crippen LogP contribution in [0.4, 0.5) is 8.78 Å². The molecule has 0 N–H and O–H groups in total. The van der Waals surface area contributed by atoms with E-state index in [1.165, 1.54) is 11.6 Å². The summed E-state index contributed by atoms with van der Waals surface area (Å²) < 4.78 is 26.2. The van der Waals surface area contributed by atoms with Crippen LogP contribution in [0, 0.1) is 11.6 Å². The second-order valence-electron chi connectivity index (χ2n) is 5.44. The van der Waals surface area contributed by atoms with E-state index >= 15 is 0 Å². The van der Waals surface area contributed by atoms with Gasteiger partial charge in [0.2, 0.25) is 0 Å². The number of halogens is 3. The second-order valence-corrected chi connectivity index (χ2v) is 5.97. The van der Waals surface area contributed by atoms with Gasteiger partial charge in [-0.1, -0.05) is 36.4 Å². The summed E-state index contributed by atoms with van der Waals surface area (Å²) in [5, 5.41) is -0.102. The third-order valence-corrected chi connectivity index (χ3v) is 4.71. The van der Waals surface area contributed by atoms with Crippen LogP contribution in [0.1, 0.15) is 24.0 Å². The minimum absolute atomic E-state index is 0.00627. The first-order chi connectivity index (χ1) is 9.62. The third-order valence-electron chi connectivity index (χ3n) is 4.14. The summed E-state index contributed by atoms with van der Waals surface area (Å²) in [6, 6.07) is 14.2. The highest BCUT2D eigenvalue weighted by molar-refractivity contribution is 6.22. The molecule has 0 aromatic heterocycles. The molecular formula is C17H15ClF2. The molecule has 1 atom stereocenters. The molecular weight excluding hydrogens is 278 g/mol. The Morgan fingerprint density at radius 2 is 1.70 bits per heavy atom. The van der Waals surface area contributed by atoms with Gasteiger partial charge in [-0.15, -0.1) is 11.6 Å². The summed E-state index contributed by atoms with van der Waals surface area (Å²) in [5.41, 5.74) is 1.97. The Morgan fingerprint density at radius 3 is 2.30 bits per heavy atom. The molecule has 0 spiro atoms. The van der Waals surface area contributed by atoms with E-state index in [4.69, 9.17) is 11.6 Å². The van der Waals surface area contributed by atoms with Crippen LogP contribution in [-0.2, 0) is 11.8 Å². The lowest BCUT2D eigenvalue weighted by Crippen LogP contribution is -2.23. The quantitative estimate of drug-likeness (QED) is 0.707. The Morgan fingerprint density at radius 1 is 1.00 bits per heavy atom. The van der Waals surface area contributed by atoms with Gasteiger partial charge in [-0.2, -0.15) is 0 Å². The van der Waals surface area contributed by atoms with Crippen molar-refractivity contribution in [1.29, 1.82) is 0 Å². The molecule has 1 fully saturated rings. The molecule has 0 amide bonds. The minimum atomic E-state index is -0.816. The number of benzene rings is 2. The van der Waals surface area contributed by atoms with Gasteiger partial charge in [-0.3, -0.25) is 0 Å². The first kappa shape index (κ1) is 13.6. The number of hydrogen-bond acceptors (Lipinski definition) is 0. The van der Waals surface area contributed by atoms with Gasteiger partial charge >= 0.3 is 0 Å². The maximum absolute atomic E-state index is 13.2. The molecule has 2 aromatic rings. The fraction of sp³-hybridized carbons (Fsp3) is 0.294. The summed E-state index contributed by atoms with van der Waals surface area (Å²) in [5.74, 6) is -1.63. The molecule has 3 rings (SSSR count). The maximum atomic E-state index is 13.2. The van der Waals surface area contributed by atoms with Gasteiger partial charge in [0, 0.05) is 10.8 Å². The van der Waals surface area contributed by atoms with Crippen molar-refractivity contribution >= 4 is 11.6 Å². The number of alkyl halides is 1. The third kappa shape index (κ3) is 2.45. The van der Waals surface area contributed by atoms with Gasteiger partial charge in [0.1, 0.15) is 0 Å². The van der Waals surface area contributed by atoms with Crippen LogP contribution in [0.15, 0.2) is 48.5 Å². The van der Waals surface area contributed by atoms with E-state index in [9.17, 15) is 8.78 Å². The van der Waals surface area contributed by atoms with E-state index in [-0.39, 0.29) is 10.8 Å². The van der Waals surface area contributed by atoms with E-state index in [1.807, 2.05) is 18.2 Å². The summed E-state index contributed by atoms with van der Waals surface area (Å²) >= 11 is 6.58. The van der Waals surface area contributed by atoms with Crippen LogP contribution in [0.3, 0.4) is 0 Å². The Labute approximate surface area is 122 Å². The second kappa shape index (κ2) is 5.17. The fourth-order valence-corrected chi connectivity index (χ4v) is 3.28. The van der Waals surface area contributed by atoms with Crippen LogP contribution in [-0.4, -0.2) is 5.38 Å². The monoisotopic (exact) mass is 292 g/mol. The molecule has 104 valence electrons. The van der Waals surface area contributed by atoms with Crippen molar-refractivity contribution in [3.8, 4) is 0 Å². The molecule has 0 heterocycles. The molecule has 1 saturated carbocycles. The topological polar surface area (TPSA) is 0 Å². The van der Waals surface area contributed by atoms with Crippen molar-refractivity contribution in [2.24, 2.45) is 0 Å². The lowest BCUT2D eigenvalue weighted by Gasteiger charge is -2.22. The zero-order valence-electron chi connectivity index (χ0n) is 11.0.